The maximum atomic E-state index is 12.8. The predicted molar refractivity (Wildman–Crippen MR) is 51.4 cm³/mol. The molecule has 1 fully saturated rings. The number of rotatable bonds is 3. The molecule has 0 amide bonds. The smallest absolute Gasteiger partial charge is 0.142 e. The van der Waals surface area contributed by atoms with Crippen molar-refractivity contribution in [2.24, 2.45) is 5.92 Å². The van der Waals surface area contributed by atoms with Gasteiger partial charge in [0.15, 0.2) is 0 Å². The standard InChI is InChI=1S/C11H11F2NO/c12-9-1-7(2-10(13)4-9)3-11(15)8-5-14-6-8/h1-2,4,8,14H,3,5-6H2. The lowest BCUT2D eigenvalue weighted by atomic mass is 9.93. The molecule has 0 spiro atoms. The van der Waals surface area contributed by atoms with Crippen LogP contribution in [0, 0.1) is 17.6 Å². The van der Waals surface area contributed by atoms with E-state index in [9.17, 15) is 13.6 Å². The Morgan fingerprint density at radius 1 is 1.27 bits per heavy atom. The van der Waals surface area contributed by atoms with Crippen molar-refractivity contribution >= 4 is 5.78 Å². The van der Waals surface area contributed by atoms with E-state index in [1.165, 1.54) is 12.1 Å². The van der Waals surface area contributed by atoms with Crippen LogP contribution in [-0.4, -0.2) is 18.9 Å². The summed E-state index contributed by atoms with van der Waals surface area (Å²) in [4.78, 5) is 11.5. The van der Waals surface area contributed by atoms with Gasteiger partial charge >= 0.3 is 0 Å². The first-order valence-electron chi connectivity index (χ1n) is 4.83. The lowest BCUT2D eigenvalue weighted by Crippen LogP contribution is -2.47. The van der Waals surface area contributed by atoms with Gasteiger partial charge in [-0.15, -0.1) is 0 Å². The average Bonchev–Trinajstić information content (AvgIpc) is 1.96. The van der Waals surface area contributed by atoms with Crippen LogP contribution in [0.15, 0.2) is 18.2 Å². The molecule has 0 radical (unpaired) electrons. The molecule has 1 saturated heterocycles. The molecule has 0 atom stereocenters. The van der Waals surface area contributed by atoms with Crippen LogP contribution in [0.25, 0.3) is 0 Å². The summed E-state index contributed by atoms with van der Waals surface area (Å²) in [5, 5.41) is 2.98. The third-order valence-electron chi connectivity index (χ3n) is 2.54. The largest absolute Gasteiger partial charge is 0.315 e. The Labute approximate surface area is 86.3 Å². The summed E-state index contributed by atoms with van der Waals surface area (Å²) < 4.78 is 25.6. The molecule has 0 aliphatic carbocycles. The van der Waals surface area contributed by atoms with Crippen LogP contribution in [0.1, 0.15) is 5.56 Å². The van der Waals surface area contributed by atoms with E-state index in [0.717, 1.165) is 6.07 Å². The normalized spacial score (nSPS) is 16.1. The van der Waals surface area contributed by atoms with Crippen molar-refractivity contribution < 1.29 is 13.6 Å². The third kappa shape index (κ3) is 2.39. The van der Waals surface area contributed by atoms with Gasteiger partial charge < -0.3 is 5.32 Å². The topological polar surface area (TPSA) is 29.1 Å². The quantitative estimate of drug-likeness (QED) is 0.816. The zero-order valence-corrected chi connectivity index (χ0v) is 8.09. The molecular weight excluding hydrogens is 200 g/mol. The van der Waals surface area contributed by atoms with Crippen molar-refractivity contribution in [1.29, 1.82) is 0 Å². The number of halogens is 2. The van der Waals surface area contributed by atoms with Crippen LogP contribution in [0.5, 0.6) is 0 Å². The van der Waals surface area contributed by atoms with Crippen LogP contribution in [0.3, 0.4) is 0 Å². The van der Waals surface area contributed by atoms with Crippen molar-refractivity contribution in [2.75, 3.05) is 13.1 Å². The third-order valence-corrected chi connectivity index (χ3v) is 2.54. The molecule has 15 heavy (non-hydrogen) atoms. The summed E-state index contributed by atoms with van der Waals surface area (Å²) in [6, 6.07) is 3.21. The number of Topliss-reactive ketones (excluding diaryl/α,β-unsaturated/α-hetero) is 1. The molecule has 1 aromatic rings. The average molecular weight is 211 g/mol. The number of nitrogens with one attached hydrogen (secondary N) is 1. The van der Waals surface area contributed by atoms with Gasteiger partial charge in [-0.05, 0) is 17.7 Å². The van der Waals surface area contributed by atoms with E-state index in [2.05, 4.69) is 5.32 Å². The summed E-state index contributed by atoms with van der Waals surface area (Å²) in [6.45, 7) is 1.35. The molecule has 1 aromatic carbocycles. The van der Waals surface area contributed by atoms with E-state index in [0.29, 0.717) is 18.7 Å². The molecular formula is C11H11F2NO. The predicted octanol–water partition coefficient (Wildman–Crippen LogP) is 1.30. The summed E-state index contributed by atoms with van der Waals surface area (Å²) in [7, 11) is 0. The molecule has 2 nitrogen and oxygen atoms in total. The van der Waals surface area contributed by atoms with Crippen LogP contribution < -0.4 is 5.32 Å². The van der Waals surface area contributed by atoms with Gasteiger partial charge in [0, 0.05) is 31.5 Å². The highest BCUT2D eigenvalue weighted by Gasteiger charge is 2.24. The van der Waals surface area contributed by atoms with Gasteiger partial charge in [-0.25, -0.2) is 8.78 Å². The Bertz CT molecular complexity index is 368. The highest BCUT2D eigenvalue weighted by atomic mass is 19.1. The van der Waals surface area contributed by atoms with E-state index < -0.39 is 11.6 Å². The first-order chi connectivity index (χ1) is 7.15. The minimum absolute atomic E-state index is 0.0105. The molecule has 0 bridgehead atoms. The number of hydrogen-bond acceptors (Lipinski definition) is 2. The molecule has 80 valence electrons. The summed E-state index contributed by atoms with van der Waals surface area (Å²) >= 11 is 0. The molecule has 1 heterocycles. The fourth-order valence-corrected chi connectivity index (χ4v) is 1.57. The number of hydrogen-bond donors (Lipinski definition) is 1. The Morgan fingerprint density at radius 2 is 1.87 bits per heavy atom. The van der Waals surface area contributed by atoms with Crippen LogP contribution in [-0.2, 0) is 11.2 Å². The van der Waals surface area contributed by atoms with E-state index in [1.54, 1.807) is 0 Å². The number of ketones is 1. The second-order valence-electron chi connectivity index (χ2n) is 3.78. The summed E-state index contributed by atoms with van der Waals surface area (Å²) in [5.74, 6) is -1.22. The molecule has 2 rings (SSSR count). The molecule has 0 unspecified atom stereocenters. The van der Waals surface area contributed by atoms with Crippen LogP contribution in [0.4, 0.5) is 8.78 Å². The SMILES string of the molecule is O=C(Cc1cc(F)cc(F)c1)C1CNC1. The number of carbonyl (C=O) groups is 1. The highest BCUT2D eigenvalue weighted by molar-refractivity contribution is 5.84. The highest BCUT2D eigenvalue weighted by Crippen LogP contribution is 2.13. The molecule has 4 heteroatoms. The molecule has 1 aliphatic rings. The minimum atomic E-state index is -0.635. The van der Waals surface area contributed by atoms with Gasteiger partial charge in [0.1, 0.15) is 17.4 Å². The van der Waals surface area contributed by atoms with E-state index in [1.807, 2.05) is 0 Å². The van der Waals surface area contributed by atoms with Crippen LogP contribution in [0.2, 0.25) is 0 Å². The van der Waals surface area contributed by atoms with Crippen LogP contribution >= 0.6 is 0 Å². The fourth-order valence-electron chi connectivity index (χ4n) is 1.57. The fraction of sp³-hybridized carbons (Fsp3) is 0.364. The maximum absolute atomic E-state index is 12.8. The molecule has 1 N–H and O–H groups in total. The molecule has 1 aliphatic heterocycles. The molecule has 0 aromatic heterocycles. The van der Waals surface area contributed by atoms with Crippen molar-refractivity contribution in [1.82, 2.24) is 5.32 Å². The number of benzene rings is 1. The lowest BCUT2D eigenvalue weighted by Gasteiger charge is -2.25. The first kappa shape index (κ1) is 10.2. The van der Waals surface area contributed by atoms with Gasteiger partial charge in [0.05, 0.1) is 0 Å². The van der Waals surface area contributed by atoms with E-state index in [-0.39, 0.29) is 18.1 Å². The minimum Gasteiger partial charge on any atom is -0.315 e. The van der Waals surface area contributed by atoms with Crippen molar-refractivity contribution in [2.45, 2.75) is 6.42 Å². The van der Waals surface area contributed by atoms with Crippen molar-refractivity contribution in [3.05, 3.63) is 35.4 Å². The van der Waals surface area contributed by atoms with Gasteiger partial charge in [0.2, 0.25) is 0 Å². The van der Waals surface area contributed by atoms with Gasteiger partial charge in [-0.1, -0.05) is 0 Å². The number of carbonyl (C=O) groups excluding carboxylic acids is 1. The van der Waals surface area contributed by atoms with Gasteiger partial charge in [-0.3, -0.25) is 4.79 Å². The summed E-state index contributed by atoms with van der Waals surface area (Å²) in [5.41, 5.74) is 0.407. The van der Waals surface area contributed by atoms with E-state index >= 15 is 0 Å². The van der Waals surface area contributed by atoms with Crippen molar-refractivity contribution in [3.8, 4) is 0 Å². The Hall–Kier alpha value is -1.29. The zero-order valence-electron chi connectivity index (χ0n) is 8.09. The van der Waals surface area contributed by atoms with Crippen molar-refractivity contribution in [3.63, 3.8) is 0 Å². The molecule has 0 saturated carbocycles. The lowest BCUT2D eigenvalue weighted by molar-refractivity contribution is -0.123. The first-order valence-corrected chi connectivity index (χ1v) is 4.83. The Morgan fingerprint density at radius 3 is 2.33 bits per heavy atom. The maximum Gasteiger partial charge on any atom is 0.142 e. The monoisotopic (exact) mass is 211 g/mol. The second-order valence-corrected chi connectivity index (χ2v) is 3.78. The summed E-state index contributed by atoms with van der Waals surface area (Å²) in [6.07, 6.45) is 0.112. The van der Waals surface area contributed by atoms with E-state index in [4.69, 9.17) is 0 Å². The van der Waals surface area contributed by atoms with Gasteiger partial charge in [0.25, 0.3) is 0 Å². The Balaban J connectivity index is 2.06. The second kappa shape index (κ2) is 4.06. The Kier molecular flexibility index (Phi) is 2.77. The van der Waals surface area contributed by atoms with Gasteiger partial charge in [-0.2, -0.15) is 0 Å². The zero-order chi connectivity index (χ0) is 10.8.